The lowest BCUT2D eigenvalue weighted by Gasteiger charge is -2.53. The normalized spacial score (nSPS) is 30.7. The van der Waals surface area contributed by atoms with Crippen LogP contribution in [0.4, 0.5) is 5.69 Å². The highest BCUT2D eigenvalue weighted by molar-refractivity contribution is 6.25. The third-order valence-electron chi connectivity index (χ3n) is 8.38. The van der Waals surface area contributed by atoms with Crippen LogP contribution in [0.15, 0.2) is 34.6 Å². The number of aromatic hydroxyl groups is 1. The van der Waals surface area contributed by atoms with E-state index in [1.165, 1.54) is 12.5 Å². The van der Waals surface area contributed by atoms with E-state index in [1.807, 2.05) is 19.0 Å². The number of nitrogens with zero attached hydrogens (tertiary/aromatic N) is 2. The van der Waals surface area contributed by atoms with E-state index < -0.39 is 58.7 Å². The van der Waals surface area contributed by atoms with Gasteiger partial charge in [-0.3, -0.25) is 14.4 Å². The molecule has 0 spiro atoms. The van der Waals surface area contributed by atoms with Gasteiger partial charge >= 0.3 is 0 Å². The van der Waals surface area contributed by atoms with E-state index in [9.17, 15) is 34.8 Å². The van der Waals surface area contributed by atoms with Gasteiger partial charge in [-0.2, -0.15) is 0 Å². The van der Waals surface area contributed by atoms with Crippen molar-refractivity contribution in [1.29, 1.82) is 0 Å². The lowest BCUT2D eigenvalue weighted by atomic mass is 9.54. The second-order valence-electron chi connectivity index (χ2n) is 10.8. The fraction of sp³-hybridized carbons (Fsp3) is 0.444. The summed E-state index contributed by atoms with van der Waals surface area (Å²) in [6.07, 6.45) is 1.64. The van der Waals surface area contributed by atoms with Crippen molar-refractivity contribution in [3.8, 4) is 16.9 Å². The third-order valence-corrected chi connectivity index (χ3v) is 8.38. The second-order valence-corrected chi connectivity index (χ2v) is 10.8. The maximum absolute atomic E-state index is 14.0. The van der Waals surface area contributed by atoms with E-state index in [0.29, 0.717) is 22.4 Å². The van der Waals surface area contributed by atoms with Gasteiger partial charge in [-0.15, -0.1) is 0 Å². The summed E-state index contributed by atoms with van der Waals surface area (Å²) in [7, 11) is 6.86. The number of carbonyl (C=O) groups is 3. The largest absolute Gasteiger partial charge is 0.507 e. The number of rotatable bonds is 4. The number of aliphatic hydroxyl groups excluding tert-OH is 2. The first kappa shape index (κ1) is 26.0. The molecule has 6 N–H and O–H groups in total. The van der Waals surface area contributed by atoms with Crippen molar-refractivity contribution < 1.29 is 39.2 Å². The zero-order chi connectivity index (χ0) is 27.8. The molecule has 5 rings (SSSR count). The van der Waals surface area contributed by atoms with Crippen molar-refractivity contribution in [2.24, 2.45) is 23.5 Å². The molecule has 2 fully saturated rings. The molecule has 6 atom stereocenters. The number of primary amides is 1. The van der Waals surface area contributed by atoms with Crippen molar-refractivity contribution >= 4 is 28.9 Å². The lowest BCUT2D eigenvalue weighted by molar-refractivity contribution is -0.184. The van der Waals surface area contributed by atoms with Gasteiger partial charge in [-0.25, -0.2) is 0 Å². The summed E-state index contributed by atoms with van der Waals surface area (Å²) in [6, 6.07) is 2.48. The summed E-state index contributed by atoms with van der Waals surface area (Å²) in [5.74, 6) is -7.67. The number of Topliss-reactive ketones (excluding diaryl/α,β-unsaturated/α-hetero) is 2. The van der Waals surface area contributed by atoms with Gasteiger partial charge in [-0.1, -0.05) is 0 Å². The Labute approximate surface area is 218 Å². The maximum Gasteiger partial charge on any atom is 0.230 e. The predicted molar refractivity (Wildman–Crippen MR) is 136 cm³/mol. The van der Waals surface area contributed by atoms with E-state index in [4.69, 9.17) is 10.2 Å². The van der Waals surface area contributed by atoms with Crippen LogP contribution in [0, 0.1) is 17.8 Å². The second kappa shape index (κ2) is 8.69. The summed E-state index contributed by atoms with van der Waals surface area (Å²) in [4.78, 5) is 43.0. The summed E-state index contributed by atoms with van der Waals surface area (Å²) in [5, 5.41) is 45.5. The molecular weight excluding hydrogens is 494 g/mol. The first-order valence-corrected chi connectivity index (χ1v) is 12.3. The van der Waals surface area contributed by atoms with Crippen LogP contribution in [-0.4, -0.2) is 88.7 Å². The van der Waals surface area contributed by atoms with Crippen molar-refractivity contribution in [2.75, 3.05) is 33.1 Å². The molecule has 11 nitrogen and oxygen atoms in total. The highest BCUT2D eigenvalue weighted by Crippen LogP contribution is 2.54. The Morgan fingerprint density at radius 1 is 1.18 bits per heavy atom. The monoisotopic (exact) mass is 525 g/mol. The number of fused-ring (bicyclic) bond motifs is 3. The fourth-order valence-electron chi connectivity index (χ4n) is 6.69. The summed E-state index contributed by atoms with van der Waals surface area (Å²) in [6.45, 7) is 0. The molecule has 202 valence electrons. The number of nitrogens with two attached hydrogens (primary N) is 1. The Morgan fingerprint density at radius 2 is 1.87 bits per heavy atom. The van der Waals surface area contributed by atoms with Crippen LogP contribution in [0.2, 0.25) is 0 Å². The van der Waals surface area contributed by atoms with E-state index in [2.05, 4.69) is 0 Å². The Kier molecular flexibility index (Phi) is 5.93. The van der Waals surface area contributed by atoms with Gasteiger partial charge in [0.25, 0.3) is 0 Å². The van der Waals surface area contributed by atoms with Gasteiger partial charge in [0.1, 0.15) is 17.4 Å². The smallest absolute Gasteiger partial charge is 0.230 e. The number of ketones is 2. The zero-order valence-corrected chi connectivity index (χ0v) is 21.5. The molecule has 3 aliphatic carbocycles. The average molecular weight is 526 g/mol. The van der Waals surface area contributed by atoms with Gasteiger partial charge in [0.2, 0.25) is 11.7 Å². The molecule has 0 bridgehead atoms. The van der Waals surface area contributed by atoms with Crippen molar-refractivity contribution in [3.63, 3.8) is 0 Å². The van der Waals surface area contributed by atoms with Gasteiger partial charge in [-0.05, 0) is 50.6 Å². The van der Waals surface area contributed by atoms with Gasteiger partial charge in [0.05, 0.1) is 24.2 Å². The van der Waals surface area contributed by atoms with E-state index in [0.717, 1.165) is 0 Å². The number of furan rings is 1. The standard InChI is InChI=1S/C27H31N3O8/c1-29(2)16-9-13(11-5-6-38-10-11)21(31)18-14(16)7-12-8-15-20(30(3)4)23(33)19(26(28)36)25(35)27(15,37)24(34)17(12)22(18)32/h5-6,9-10,12,15,19-20,23,31-33,37H,7-8H2,1-4H3,(H2,28,36)/t12-,15-,19?,20-,23?,27-/m0/s1. The van der Waals surface area contributed by atoms with Crippen LogP contribution < -0.4 is 10.6 Å². The number of aliphatic hydroxyl groups is 3. The minimum atomic E-state index is -2.69. The molecule has 3 aliphatic rings. The number of carbonyl (C=O) groups excluding carboxylic acids is 3. The van der Waals surface area contributed by atoms with Crippen LogP contribution in [0.5, 0.6) is 5.75 Å². The number of benzene rings is 1. The Bertz CT molecular complexity index is 1380. The van der Waals surface area contributed by atoms with Crippen LogP contribution in [-0.2, 0) is 20.8 Å². The number of hydrogen-bond donors (Lipinski definition) is 5. The highest BCUT2D eigenvalue weighted by Gasteiger charge is 2.67. The van der Waals surface area contributed by atoms with Crippen molar-refractivity contribution in [1.82, 2.24) is 4.90 Å². The predicted octanol–water partition coefficient (Wildman–Crippen LogP) is 0.455. The first-order valence-electron chi connectivity index (χ1n) is 12.3. The van der Waals surface area contributed by atoms with Crippen molar-refractivity contribution in [3.05, 3.63) is 41.4 Å². The molecule has 1 aromatic heterocycles. The molecule has 2 aromatic rings. The van der Waals surface area contributed by atoms with Crippen LogP contribution in [0.3, 0.4) is 0 Å². The minimum Gasteiger partial charge on any atom is -0.507 e. The molecule has 0 aliphatic heterocycles. The number of hydrogen-bond acceptors (Lipinski definition) is 10. The topological polar surface area (TPSA) is 178 Å². The number of amides is 1. The molecule has 1 heterocycles. The van der Waals surface area contributed by atoms with Crippen LogP contribution in [0.1, 0.15) is 17.5 Å². The zero-order valence-electron chi connectivity index (χ0n) is 21.5. The molecule has 2 unspecified atom stereocenters. The van der Waals surface area contributed by atoms with E-state index in [1.54, 1.807) is 31.1 Å². The number of phenols is 1. The minimum absolute atomic E-state index is 0.0351. The lowest BCUT2D eigenvalue weighted by Crippen LogP contribution is -2.73. The quantitative estimate of drug-likeness (QED) is 0.352. The fourth-order valence-corrected chi connectivity index (χ4v) is 6.69. The molecule has 2 saturated carbocycles. The van der Waals surface area contributed by atoms with Crippen molar-refractivity contribution in [2.45, 2.75) is 30.6 Å². The summed E-state index contributed by atoms with van der Waals surface area (Å²) in [5.41, 5.74) is 4.80. The van der Waals surface area contributed by atoms with Crippen LogP contribution in [0.25, 0.3) is 16.9 Å². The molecule has 0 radical (unpaired) electrons. The summed E-state index contributed by atoms with van der Waals surface area (Å²) >= 11 is 0. The van der Waals surface area contributed by atoms with Gasteiger partial charge in [0.15, 0.2) is 11.4 Å². The molecule has 0 saturated heterocycles. The highest BCUT2D eigenvalue weighted by atomic mass is 16.3. The Morgan fingerprint density at radius 3 is 2.42 bits per heavy atom. The number of anilines is 1. The molecule has 1 amide bonds. The Hall–Kier alpha value is -3.67. The van der Waals surface area contributed by atoms with Gasteiger partial charge in [0, 0.05) is 48.4 Å². The number of phenolic OH excluding ortho intramolecular Hbond substituents is 1. The van der Waals surface area contributed by atoms with E-state index >= 15 is 0 Å². The molecule has 11 heteroatoms. The van der Waals surface area contributed by atoms with Gasteiger partial charge < -0.3 is 40.4 Å². The first-order chi connectivity index (χ1) is 17.8. The van der Waals surface area contributed by atoms with E-state index in [-0.39, 0.29) is 29.7 Å². The Balaban J connectivity index is 1.74. The SMILES string of the molecule is CN(C)c1cc(-c2ccoc2)c(O)c2c1C[C@H]1C[C@H]3[C@H](N(C)C)C(O)C(C(N)=O)C(=O)[C@@]3(O)C(=O)C1=C2O. The maximum atomic E-state index is 14.0. The molecule has 1 aromatic carbocycles. The third kappa shape index (κ3) is 3.35. The average Bonchev–Trinajstić information content (AvgIpc) is 3.35. The molecule has 38 heavy (non-hydrogen) atoms. The molecular formula is C27H31N3O8. The summed E-state index contributed by atoms with van der Waals surface area (Å²) < 4.78 is 5.16. The number of likely N-dealkylation sites (N-methyl/N-ethyl adjacent to an activating group) is 1. The van der Waals surface area contributed by atoms with Crippen LogP contribution >= 0.6 is 0 Å².